The molecule has 5 nitrogen and oxygen atoms in total. The number of rotatable bonds is 3. The lowest BCUT2D eigenvalue weighted by Crippen LogP contribution is -2.23. The third kappa shape index (κ3) is 2.32. The molecule has 1 heterocycles. The standard InChI is InChI=1S/C11H13NO4S/c1-16-17(14,15)10-6-4-9(5-7-10)12-8-2-3-11(12)13/h4-7H,2-3,8H2,1H3. The highest BCUT2D eigenvalue weighted by molar-refractivity contribution is 7.86. The molecule has 17 heavy (non-hydrogen) atoms. The molecule has 0 aromatic heterocycles. The average Bonchev–Trinajstić information content (AvgIpc) is 2.76. The first-order chi connectivity index (χ1) is 8.04. The van der Waals surface area contributed by atoms with Crippen molar-refractivity contribution in [2.75, 3.05) is 18.6 Å². The quantitative estimate of drug-likeness (QED) is 0.760. The molecule has 1 amide bonds. The van der Waals surface area contributed by atoms with Crippen LogP contribution in [-0.2, 0) is 19.1 Å². The van der Waals surface area contributed by atoms with E-state index >= 15 is 0 Å². The summed E-state index contributed by atoms with van der Waals surface area (Å²) in [5.41, 5.74) is 0.725. The predicted molar refractivity (Wildman–Crippen MR) is 62.2 cm³/mol. The molecule has 0 saturated carbocycles. The van der Waals surface area contributed by atoms with Gasteiger partial charge in [-0.1, -0.05) is 0 Å². The summed E-state index contributed by atoms with van der Waals surface area (Å²) in [5.74, 6) is 0.0762. The van der Waals surface area contributed by atoms with Gasteiger partial charge in [0, 0.05) is 18.7 Å². The number of nitrogens with zero attached hydrogens (tertiary/aromatic N) is 1. The second kappa shape index (κ2) is 4.46. The van der Waals surface area contributed by atoms with Crippen molar-refractivity contribution in [1.29, 1.82) is 0 Å². The Balaban J connectivity index is 2.27. The Kier molecular flexibility index (Phi) is 3.17. The first-order valence-corrected chi connectivity index (χ1v) is 6.66. The van der Waals surface area contributed by atoms with Crippen LogP contribution in [-0.4, -0.2) is 28.0 Å². The molecule has 1 fully saturated rings. The van der Waals surface area contributed by atoms with Gasteiger partial charge in [0.05, 0.1) is 12.0 Å². The minimum absolute atomic E-state index is 0.0762. The molecule has 1 saturated heterocycles. The summed E-state index contributed by atoms with van der Waals surface area (Å²) in [6.07, 6.45) is 1.40. The zero-order valence-electron chi connectivity index (χ0n) is 9.42. The van der Waals surface area contributed by atoms with E-state index in [1.165, 1.54) is 12.1 Å². The molecule has 0 radical (unpaired) electrons. The molecule has 1 aromatic rings. The molecule has 1 aliphatic heterocycles. The van der Waals surface area contributed by atoms with E-state index in [4.69, 9.17) is 0 Å². The van der Waals surface area contributed by atoms with Gasteiger partial charge in [-0.05, 0) is 30.7 Å². The van der Waals surface area contributed by atoms with Gasteiger partial charge in [0.15, 0.2) is 0 Å². The van der Waals surface area contributed by atoms with Gasteiger partial charge in [0.1, 0.15) is 0 Å². The maximum absolute atomic E-state index is 11.5. The second-order valence-electron chi connectivity index (χ2n) is 3.76. The normalized spacial score (nSPS) is 16.5. The molecule has 0 spiro atoms. The van der Waals surface area contributed by atoms with Crippen LogP contribution >= 0.6 is 0 Å². The van der Waals surface area contributed by atoms with Gasteiger partial charge in [0.25, 0.3) is 10.1 Å². The van der Waals surface area contributed by atoms with E-state index < -0.39 is 10.1 Å². The fraction of sp³-hybridized carbons (Fsp3) is 0.364. The van der Waals surface area contributed by atoms with Crippen molar-refractivity contribution in [3.05, 3.63) is 24.3 Å². The Morgan fingerprint density at radius 2 is 1.88 bits per heavy atom. The van der Waals surface area contributed by atoms with Crippen molar-refractivity contribution >= 4 is 21.7 Å². The predicted octanol–water partition coefficient (Wildman–Crippen LogP) is 1.15. The lowest BCUT2D eigenvalue weighted by molar-refractivity contribution is -0.117. The van der Waals surface area contributed by atoms with Crippen LogP contribution < -0.4 is 4.90 Å². The third-order valence-corrected chi connectivity index (χ3v) is 4.02. The molecular formula is C11H13NO4S. The van der Waals surface area contributed by atoms with Crippen molar-refractivity contribution in [3.8, 4) is 0 Å². The van der Waals surface area contributed by atoms with Crippen LogP contribution in [0.4, 0.5) is 5.69 Å². The number of carbonyl (C=O) groups excluding carboxylic acids is 1. The van der Waals surface area contributed by atoms with Crippen molar-refractivity contribution in [1.82, 2.24) is 0 Å². The van der Waals surface area contributed by atoms with Crippen LogP contribution in [0.5, 0.6) is 0 Å². The minimum atomic E-state index is -3.66. The highest BCUT2D eigenvalue weighted by Gasteiger charge is 2.22. The number of hydrogen-bond donors (Lipinski definition) is 0. The third-order valence-electron chi connectivity index (χ3n) is 2.73. The van der Waals surface area contributed by atoms with Crippen molar-refractivity contribution in [2.24, 2.45) is 0 Å². The highest BCUT2D eigenvalue weighted by atomic mass is 32.2. The molecule has 0 bridgehead atoms. The van der Waals surface area contributed by atoms with Crippen molar-refractivity contribution < 1.29 is 17.4 Å². The van der Waals surface area contributed by atoms with Crippen molar-refractivity contribution in [2.45, 2.75) is 17.7 Å². The fourth-order valence-corrected chi connectivity index (χ4v) is 2.47. The molecule has 0 unspecified atom stereocenters. The molecule has 0 aliphatic carbocycles. The van der Waals surface area contributed by atoms with E-state index in [1.54, 1.807) is 17.0 Å². The minimum Gasteiger partial charge on any atom is -0.312 e. The van der Waals surface area contributed by atoms with Crippen LogP contribution in [0, 0.1) is 0 Å². The van der Waals surface area contributed by atoms with Gasteiger partial charge in [-0.25, -0.2) is 0 Å². The Morgan fingerprint density at radius 3 is 2.35 bits per heavy atom. The maximum Gasteiger partial charge on any atom is 0.296 e. The van der Waals surface area contributed by atoms with E-state index in [1.807, 2.05) is 0 Å². The monoisotopic (exact) mass is 255 g/mol. The zero-order chi connectivity index (χ0) is 12.5. The Hall–Kier alpha value is -1.40. The SMILES string of the molecule is COS(=O)(=O)c1ccc(N2CCCC2=O)cc1. The Labute approximate surface area is 100 Å². The lowest BCUT2D eigenvalue weighted by atomic mass is 10.3. The number of benzene rings is 1. The summed E-state index contributed by atoms with van der Waals surface area (Å²) in [4.78, 5) is 13.2. The van der Waals surface area contributed by atoms with Gasteiger partial charge in [-0.15, -0.1) is 0 Å². The summed E-state index contributed by atoms with van der Waals surface area (Å²) < 4.78 is 27.2. The first kappa shape index (κ1) is 12.1. The second-order valence-corrected chi connectivity index (χ2v) is 5.48. The molecule has 92 valence electrons. The smallest absolute Gasteiger partial charge is 0.296 e. The molecule has 0 N–H and O–H groups in total. The first-order valence-electron chi connectivity index (χ1n) is 5.25. The molecule has 1 aromatic carbocycles. The van der Waals surface area contributed by atoms with Crippen LogP contribution in [0.25, 0.3) is 0 Å². The number of anilines is 1. The highest BCUT2D eigenvalue weighted by Crippen LogP contribution is 2.23. The van der Waals surface area contributed by atoms with E-state index in [2.05, 4.69) is 4.18 Å². The van der Waals surface area contributed by atoms with E-state index in [0.29, 0.717) is 13.0 Å². The number of hydrogen-bond acceptors (Lipinski definition) is 4. The van der Waals surface area contributed by atoms with Gasteiger partial charge in [0.2, 0.25) is 5.91 Å². The van der Waals surface area contributed by atoms with Gasteiger partial charge in [-0.3, -0.25) is 8.98 Å². The maximum atomic E-state index is 11.5. The van der Waals surface area contributed by atoms with Crippen molar-refractivity contribution in [3.63, 3.8) is 0 Å². The van der Waals surface area contributed by atoms with Crippen LogP contribution in [0.3, 0.4) is 0 Å². The fourth-order valence-electron chi connectivity index (χ4n) is 1.81. The molecule has 2 rings (SSSR count). The van der Waals surface area contributed by atoms with Crippen LogP contribution in [0.2, 0.25) is 0 Å². The zero-order valence-corrected chi connectivity index (χ0v) is 10.2. The largest absolute Gasteiger partial charge is 0.312 e. The molecular weight excluding hydrogens is 242 g/mol. The summed E-state index contributed by atoms with van der Waals surface area (Å²) in [5, 5.41) is 0. The van der Waals surface area contributed by atoms with E-state index in [9.17, 15) is 13.2 Å². The van der Waals surface area contributed by atoms with Gasteiger partial charge >= 0.3 is 0 Å². The van der Waals surface area contributed by atoms with Crippen LogP contribution in [0.15, 0.2) is 29.2 Å². The lowest BCUT2D eigenvalue weighted by Gasteiger charge is -2.15. The summed E-state index contributed by atoms with van der Waals surface area (Å²) >= 11 is 0. The van der Waals surface area contributed by atoms with E-state index in [-0.39, 0.29) is 10.8 Å². The Morgan fingerprint density at radius 1 is 1.24 bits per heavy atom. The number of carbonyl (C=O) groups is 1. The topological polar surface area (TPSA) is 63.7 Å². The average molecular weight is 255 g/mol. The van der Waals surface area contributed by atoms with Gasteiger partial charge < -0.3 is 4.90 Å². The molecule has 0 atom stereocenters. The summed E-state index contributed by atoms with van der Waals surface area (Å²) in [7, 11) is -2.54. The Bertz CT molecular complexity index is 521. The van der Waals surface area contributed by atoms with Crippen LogP contribution in [0.1, 0.15) is 12.8 Å². The number of amides is 1. The molecule has 6 heteroatoms. The summed E-state index contributed by atoms with van der Waals surface area (Å²) in [6.45, 7) is 0.690. The van der Waals surface area contributed by atoms with E-state index in [0.717, 1.165) is 19.2 Å². The summed E-state index contributed by atoms with van der Waals surface area (Å²) in [6, 6.07) is 6.13. The molecule has 1 aliphatic rings. The van der Waals surface area contributed by atoms with Gasteiger partial charge in [-0.2, -0.15) is 8.42 Å².